The van der Waals surface area contributed by atoms with Crippen LogP contribution in [0.3, 0.4) is 0 Å². The Kier molecular flexibility index (Phi) is 8.84. The zero-order valence-corrected chi connectivity index (χ0v) is 28.0. The van der Waals surface area contributed by atoms with E-state index < -0.39 is 29.7 Å². The van der Waals surface area contributed by atoms with Gasteiger partial charge in [0.05, 0.1) is 32.7 Å². The summed E-state index contributed by atoms with van der Waals surface area (Å²) in [5.41, 5.74) is 8.49. The SMILES string of the molecule is CC(C)(C)OC(=O)NCc1ccc(Cl)c(Nc2nc3cc(C(N)=O)c([C@@]45CNC[C@H]4C5)cc3n2CC2CCC(C(F)(F)F)CC2)c1Cl. The van der Waals surface area contributed by atoms with Gasteiger partial charge in [-0.05, 0) is 101 Å². The lowest BCUT2D eigenvalue weighted by atomic mass is 9.81. The minimum Gasteiger partial charge on any atom is -0.444 e. The molecule has 2 aliphatic carbocycles. The van der Waals surface area contributed by atoms with E-state index in [0.717, 1.165) is 30.6 Å². The fraction of sp³-hybridized carbons (Fsp3) is 0.545. The van der Waals surface area contributed by atoms with Crippen molar-refractivity contribution >= 4 is 57.9 Å². The van der Waals surface area contributed by atoms with Gasteiger partial charge in [-0.3, -0.25) is 4.79 Å². The lowest BCUT2D eigenvalue weighted by molar-refractivity contribution is -0.184. The molecule has 6 rings (SSSR count). The third-order valence-electron chi connectivity index (χ3n) is 9.73. The number of hydrogen-bond acceptors (Lipinski definition) is 6. The number of alkyl halides is 3. The number of piperidine rings is 1. The normalized spacial score (nSPS) is 24.2. The Bertz CT molecular complexity index is 1710. The van der Waals surface area contributed by atoms with Gasteiger partial charge in [0.2, 0.25) is 11.9 Å². The molecule has 3 fully saturated rings. The van der Waals surface area contributed by atoms with E-state index in [1.165, 1.54) is 0 Å². The van der Waals surface area contributed by atoms with Gasteiger partial charge in [-0.1, -0.05) is 29.3 Å². The van der Waals surface area contributed by atoms with E-state index in [9.17, 15) is 22.8 Å². The molecule has 5 N–H and O–H groups in total. The maximum Gasteiger partial charge on any atom is 0.407 e. The number of rotatable bonds is 8. The van der Waals surface area contributed by atoms with Crippen molar-refractivity contribution in [1.29, 1.82) is 0 Å². The summed E-state index contributed by atoms with van der Waals surface area (Å²) in [4.78, 5) is 29.8. The molecule has 0 spiro atoms. The Balaban J connectivity index is 1.36. The molecule has 2 heterocycles. The highest BCUT2D eigenvalue weighted by atomic mass is 35.5. The predicted molar refractivity (Wildman–Crippen MR) is 175 cm³/mol. The molecule has 1 saturated heterocycles. The molecule has 0 radical (unpaired) electrons. The van der Waals surface area contributed by atoms with Crippen molar-refractivity contribution in [3.05, 3.63) is 51.0 Å². The summed E-state index contributed by atoms with van der Waals surface area (Å²) < 4.78 is 47.6. The van der Waals surface area contributed by atoms with Crippen LogP contribution in [0.1, 0.15) is 74.4 Å². The number of primary amides is 1. The van der Waals surface area contributed by atoms with E-state index in [1.54, 1.807) is 39.0 Å². The number of amides is 2. The molecule has 0 bridgehead atoms. The third-order valence-corrected chi connectivity index (χ3v) is 10.5. The molecule has 14 heteroatoms. The van der Waals surface area contributed by atoms with Crippen LogP contribution >= 0.6 is 23.2 Å². The Labute approximate surface area is 281 Å². The number of anilines is 2. The number of nitrogens with two attached hydrogens (primary N) is 1. The van der Waals surface area contributed by atoms with Crippen LogP contribution in [0.5, 0.6) is 0 Å². The highest BCUT2D eigenvalue weighted by Crippen LogP contribution is 2.57. The number of alkyl carbamates (subject to hydrolysis) is 1. The number of halogens is 5. The molecule has 2 atom stereocenters. The zero-order chi connectivity index (χ0) is 33.9. The Morgan fingerprint density at radius 1 is 1.15 bits per heavy atom. The largest absolute Gasteiger partial charge is 0.444 e. The monoisotopic (exact) mass is 694 g/mol. The van der Waals surface area contributed by atoms with E-state index in [0.29, 0.717) is 58.6 Å². The summed E-state index contributed by atoms with van der Waals surface area (Å²) in [7, 11) is 0. The third kappa shape index (κ3) is 6.87. The Hall–Kier alpha value is -3.22. The summed E-state index contributed by atoms with van der Waals surface area (Å²) in [6.07, 6.45) is -2.88. The van der Waals surface area contributed by atoms with Gasteiger partial charge in [-0.2, -0.15) is 13.2 Å². The number of ether oxygens (including phenoxy) is 1. The number of imidazole rings is 1. The van der Waals surface area contributed by atoms with Crippen molar-refractivity contribution < 1.29 is 27.5 Å². The van der Waals surface area contributed by atoms with Gasteiger partial charge in [0.15, 0.2) is 0 Å². The fourth-order valence-corrected chi connectivity index (χ4v) is 7.73. The van der Waals surface area contributed by atoms with Gasteiger partial charge in [0.1, 0.15) is 5.60 Å². The van der Waals surface area contributed by atoms with Gasteiger partial charge in [0.25, 0.3) is 0 Å². The second-order valence-electron chi connectivity index (χ2n) is 14.1. The van der Waals surface area contributed by atoms with E-state index >= 15 is 0 Å². The molecular formula is C33H39Cl2F3N6O3. The van der Waals surface area contributed by atoms with Crippen molar-refractivity contribution in [1.82, 2.24) is 20.2 Å². The van der Waals surface area contributed by atoms with Crippen molar-refractivity contribution in [2.45, 2.75) is 83.2 Å². The molecule has 254 valence electrons. The minimum absolute atomic E-state index is 0.0268. The smallest absolute Gasteiger partial charge is 0.407 e. The van der Waals surface area contributed by atoms with Crippen LogP contribution < -0.4 is 21.7 Å². The molecule has 47 heavy (non-hydrogen) atoms. The number of carbonyl (C=O) groups excluding carboxylic acids is 2. The fourth-order valence-electron chi connectivity index (χ4n) is 7.20. The molecule has 0 unspecified atom stereocenters. The van der Waals surface area contributed by atoms with Crippen molar-refractivity contribution in [2.75, 3.05) is 18.4 Å². The maximum atomic E-state index is 13.5. The number of carbonyl (C=O) groups is 2. The molecule has 3 aromatic rings. The van der Waals surface area contributed by atoms with Crippen LogP contribution in [0, 0.1) is 17.8 Å². The highest BCUT2D eigenvalue weighted by Gasteiger charge is 2.59. The standard InChI is InChI=1S/C33H39Cl2F3N6O3/c1-31(2,3)47-30(46)41-13-18-6-9-23(34)27(26(18)35)43-29-42-24-10-21(28(39)45)22(32-12-20(32)14-40-16-32)11-25(24)44(29)15-17-4-7-19(8-5-17)33(36,37)38/h6,9-11,17,19-20,40H,4-5,7-8,12-16H2,1-3H3,(H2,39,45)(H,41,46)(H,42,43)/t17?,19?,20-,32+/m1/s1. The van der Waals surface area contributed by atoms with Gasteiger partial charge >= 0.3 is 12.3 Å². The first-order valence-electron chi connectivity index (χ1n) is 15.9. The molecule has 3 aliphatic rings. The topological polar surface area (TPSA) is 123 Å². The van der Waals surface area contributed by atoms with E-state index in [2.05, 4.69) is 16.0 Å². The molecular weight excluding hydrogens is 656 g/mol. The quantitative estimate of drug-likeness (QED) is 0.194. The van der Waals surface area contributed by atoms with Gasteiger partial charge in [-0.25, -0.2) is 9.78 Å². The summed E-state index contributed by atoms with van der Waals surface area (Å²) in [5, 5.41) is 9.95. The maximum absolute atomic E-state index is 13.5. The lowest BCUT2D eigenvalue weighted by Gasteiger charge is -2.30. The number of nitrogens with zero attached hydrogens (tertiary/aromatic N) is 2. The molecule has 1 aliphatic heterocycles. The predicted octanol–water partition coefficient (Wildman–Crippen LogP) is 7.44. The number of aromatic nitrogens is 2. The van der Waals surface area contributed by atoms with Crippen LogP contribution in [-0.4, -0.2) is 46.4 Å². The number of nitrogens with one attached hydrogen (secondary N) is 3. The summed E-state index contributed by atoms with van der Waals surface area (Å²) in [6, 6.07) is 7.03. The first-order valence-corrected chi connectivity index (χ1v) is 16.6. The molecule has 2 aromatic carbocycles. The van der Waals surface area contributed by atoms with E-state index in [-0.39, 0.29) is 35.7 Å². The van der Waals surface area contributed by atoms with Gasteiger partial charge < -0.3 is 31.0 Å². The van der Waals surface area contributed by atoms with E-state index in [4.69, 9.17) is 38.7 Å². The van der Waals surface area contributed by atoms with E-state index in [1.807, 2.05) is 10.6 Å². The molecule has 2 amide bonds. The summed E-state index contributed by atoms with van der Waals surface area (Å²) in [6.45, 7) is 7.37. The summed E-state index contributed by atoms with van der Waals surface area (Å²) in [5.74, 6) is -1.09. The summed E-state index contributed by atoms with van der Waals surface area (Å²) >= 11 is 13.5. The number of benzene rings is 2. The molecule has 2 saturated carbocycles. The van der Waals surface area contributed by atoms with Crippen LogP contribution in [0.4, 0.5) is 29.6 Å². The van der Waals surface area contributed by atoms with Crippen LogP contribution in [0.25, 0.3) is 11.0 Å². The first-order chi connectivity index (χ1) is 22.1. The minimum atomic E-state index is -4.20. The molecule has 1 aromatic heterocycles. The highest BCUT2D eigenvalue weighted by molar-refractivity contribution is 6.39. The molecule has 9 nitrogen and oxygen atoms in total. The van der Waals surface area contributed by atoms with Crippen molar-refractivity contribution in [3.8, 4) is 0 Å². The average Bonchev–Trinajstić information content (AvgIpc) is 3.37. The first kappa shape index (κ1) is 33.7. The van der Waals surface area contributed by atoms with Crippen LogP contribution in [-0.2, 0) is 23.2 Å². The van der Waals surface area contributed by atoms with Crippen LogP contribution in [0.2, 0.25) is 10.0 Å². The van der Waals surface area contributed by atoms with Crippen molar-refractivity contribution in [3.63, 3.8) is 0 Å². The van der Waals surface area contributed by atoms with Crippen molar-refractivity contribution in [2.24, 2.45) is 23.5 Å². The second kappa shape index (κ2) is 12.3. The average molecular weight is 696 g/mol. The van der Waals surface area contributed by atoms with Crippen LogP contribution in [0.15, 0.2) is 24.3 Å². The Morgan fingerprint density at radius 3 is 2.47 bits per heavy atom. The Morgan fingerprint density at radius 2 is 1.87 bits per heavy atom. The van der Waals surface area contributed by atoms with Gasteiger partial charge in [-0.15, -0.1) is 0 Å². The van der Waals surface area contributed by atoms with Gasteiger partial charge in [0, 0.05) is 30.6 Å². The second-order valence-corrected chi connectivity index (χ2v) is 14.9. The number of fused-ring (bicyclic) bond motifs is 2. The lowest BCUT2D eigenvalue weighted by Crippen LogP contribution is -2.32. The number of hydrogen-bond donors (Lipinski definition) is 4. The zero-order valence-electron chi connectivity index (χ0n) is 26.5.